The molecule has 5 nitrogen and oxygen atoms in total. The van der Waals surface area contributed by atoms with Gasteiger partial charge in [-0.15, -0.1) is 0 Å². The number of amides is 1. The maximum atomic E-state index is 11.6. The number of phenols is 1. The van der Waals surface area contributed by atoms with Gasteiger partial charge in [0, 0.05) is 12.8 Å². The van der Waals surface area contributed by atoms with Crippen LogP contribution in [-0.2, 0) is 16.0 Å². The highest BCUT2D eigenvalue weighted by molar-refractivity contribution is 5.84. The lowest BCUT2D eigenvalue weighted by molar-refractivity contribution is -0.141. The molecule has 0 unspecified atom stereocenters. The number of benzene rings is 1. The normalized spacial score (nSPS) is 12.2. The molecule has 1 rings (SSSR count). The Morgan fingerprint density at radius 2 is 1.90 bits per heavy atom. The molecule has 3 N–H and O–H groups in total. The largest absolute Gasteiger partial charge is 0.508 e. The highest BCUT2D eigenvalue weighted by Gasteiger charge is 2.19. The van der Waals surface area contributed by atoms with Crippen molar-refractivity contribution in [2.24, 2.45) is 0 Å². The van der Waals surface area contributed by atoms with Gasteiger partial charge in [-0.25, -0.2) is 4.79 Å². The zero-order valence-corrected chi connectivity index (χ0v) is 11.4. The fraction of sp³-hybridized carbons (Fsp3) is 0.333. The van der Waals surface area contributed by atoms with E-state index in [0.29, 0.717) is 0 Å². The maximum Gasteiger partial charge on any atom is 0.326 e. The Kier molecular flexibility index (Phi) is 6.29. The van der Waals surface area contributed by atoms with E-state index in [1.807, 2.05) is 13.0 Å². The van der Waals surface area contributed by atoms with Crippen LogP contribution >= 0.6 is 0 Å². The minimum absolute atomic E-state index is 0.120. The van der Waals surface area contributed by atoms with E-state index >= 15 is 0 Å². The number of hydrogen-bond donors (Lipinski definition) is 3. The second-order valence-electron chi connectivity index (χ2n) is 4.41. The van der Waals surface area contributed by atoms with Gasteiger partial charge in [-0.1, -0.05) is 31.2 Å². The SMILES string of the molecule is CC/C=C/CC(=O)N[C@@H](Cc1ccc(O)cc1)C(=O)O. The van der Waals surface area contributed by atoms with Crippen molar-refractivity contribution in [1.82, 2.24) is 5.32 Å². The van der Waals surface area contributed by atoms with E-state index in [2.05, 4.69) is 5.32 Å². The van der Waals surface area contributed by atoms with Crippen molar-refractivity contribution in [3.8, 4) is 5.75 Å². The number of carboxylic acid groups (broad SMARTS) is 1. The molecule has 1 aromatic carbocycles. The molecule has 0 saturated carbocycles. The Morgan fingerprint density at radius 1 is 1.25 bits per heavy atom. The first-order chi connectivity index (χ1) is 9.52. The van der Waals surface area contributed by atoms with E-state index in [4.69, 9.17) is 5.11 Å². The first-order valence-corrected chi connectivity index (χ1v) is 6.48. The summed E-state index contributed by atoms with van der Waals surface area (Å²) >= 11 is 0. The molecule has 0 aliphatic heterocycles. The van der Waals surface area contributed by atoms with Crippen molar-refractivity contribution in [3.63, 3.8) is 0 Å². The summed E-state index contributed by atoms with van der Waals surface area (Å²) in [7, 11) is 0. The predicted molar refractivity (Wildman–Crippen MR) is 75.4 cm³/mol. The smallest absolute Gasteiger partial charge is 0.326 e. The third-order valence-electron chi connectivity index (χ3n) is 2.72. The fourth-order valence-corrected chi connectivity index (χ4v) is 1.68. The van der Waals surface area contributed by atoms with Gasteiger partial charge in [0.1, 0.15) is 11.8 Å². The van der Waals surface area contributed by atoms with Gasteiger partial charge in [0.25, 0.3) is 0 Å². The summed E-state index contributed by atoms with van der Waals surface area (Å²) in [6.07, 6.45) is 4.76. The first kappa shape index (κ1) is 15.8. The molecule has 1 aromatic rings. The van der Waals surface area contributed by atoms with Crippen LogP contribution in [0.2, 0.25) is 0 Å². The molecule has 1 amide bonds. The van der Waals surface area contributed by atoms with Crippen molar-refractivity contribution in [2.75, 3.05) is 0 Å². The molecule has 0 spiro atoms. The van der Waals surface area contributed by atoms with E-state index in [0.717, 1.165) is 12.0 Å². The van der Waals surface area contributed by atoms with Crippen molar-refractivity contribution >= 4 is 11.9 Å². The van der Waals surface area contributed by atoms with Crippen LogP contribution in [0.1, 0.15) is 25.3 Å². The number of carbonyl (C=O) groups excluding carboxylic acids is 1. The number of hydrogen-bond acceptors (Lipinski definition) is 3. The topological polar surface area (TPSA) is 86.6 Å². The number of rotatable bonds is 7. The van der Waals surface area contributed by atoms with E-state index in [1.54, 1.807) is 18.2 Å². The van der Waals surface area contributed by atoms with E-state index in [1.165, 1.54) is 12.1 Å². The van der Waals surface area contributed by atoms with Crippen molar-refractivity contribution in [1.29, 1.82) is 0 Å². The Labute approximate surface area is 117 Å². The molecule has 0 aliphatic rings. The van der Waals surface area contributed by atoms with Crippen LogP contribution in [0.25, 0.3) is 0 Å². The van der Waals surface area contributed by atoms with Crippen LogP contribution in [0.5, 0.6) is 5.75 Å². The number of aliphatic carboxylic acids is 1. The Hall–Kier alpha value is -2.30. The number of allylic oxidation sites excluding steroid dienone is 1. The van der Waals surface area contributed by atoms with Crippen LogP contribution in [0, 0.1) is 0 Å². The van der Waals surface area contributed by atoms with Gasteiger partial charge in [-0.3, -0.25) is 4.79 Å². The van der Waals surface area contributed by atoms with Crippen LogP contribution in [0.15, 0.2) is 36.4 Å². The van der Waals surface area contributed by atoms with Crippen LogP contribution in [-0.4, -0.2) is 28.1 Å². The summed E-state index contributed by atoms with van der Waals surface area (Å²) in [4.78, 5) is 22.8. The highest BCUT2D eigenvalue weighted by atomic mass is 16.4. The van der Waals surface area contributed by atoms with Crippen LogP contribution < -0.4 is 5.32 Å². The zero-order chi connectivity index (χ0) is 15.0. The fourth-order valence-electron chi connectivity index (χ4n) is 1.68. The van der Waals surface area contributed by atoms with Gasteiger partial charge in [0.2, 0.25) is 5.91 Å². The molecule has 108 valence electrons. The summed E-state index contributed by atoms with van der Waals surface area (Å²) in [5.74, 6) is -1.28. The minimum Gasteiger partial charge on any atom is -0.508 e. The molecule has 0 aliphatic carbocycles. The number of nitrogens with one attached hydrogen (secondary N) is 1. The Morgan fingerprint density at radius 3 is 2.45 bits per heavy atom. The maximum absolute atomic E-state index is 11.6. The minimum atomic E-state index is -1.08. The molecule has 0 radical (unpaired) electrons. The van der Waals surface area contributed by atoms with E-state index in [-0.39, 0.29) is 24.5 Å². The quantitative estimate of drug-likeness (QED) is 0.664. The molecule has 0 aromatic heterocycles. The molecule has 0 bridgehead atoms. The Balaban J connectivity index is 2.60. The lowest BCUT2D eigenvalue weighted by Gasteiger charge is -2.14. The average Bonchev–Trinajstić information content (AvgIpc) is 2.40. The molecule has 20 heavy (non-hydrogen) atoms. The molecule has 0 saturated heterocycles. The second-order valence-corrected chi connectivity index (χ2v) is 4.41. The summed E-state index contributed by atoms with van der Waals surface area (Å²) in [5, 5.41) is 20.8. The first-order valence-electron chi connectivity index (χ1n) is 6.48. The van der Waals surface area contributed by atoms with E-state index in [9.17, 15) is 14.7 Å². The van der Waals surface area contributed by atoms with Gasteiger partial charge in [0.05, 0.1) is 0 Å². The highest BCUT2D eigenvalue weighted by Crippen LogP contribution is 2.11. The molecule has 5 heteroatoms. The molecule has 1 atom stereocenters. The second kappa shape index (κ2) is 7.99. The molecule has 0 fully saturated rings. The van der Waals surface area contributed by atoms with Crippen LogP contribution in [0.3, 0.4) is 0 Å². The van der Waals surface area contributed by atoms with Crippen molar-refractivity contribution in [3.05, 3.63) is 42.0 Å². The number of aromatic hydroxyl groups is 1. The summed E-state index contributed by atoms with van der Waals surface area (Å²) in [6.45, 7) is 1.96. The van der Waals surface area contributed by atoms with Crippen molar-refractivity contribution < 1.29 is 19.8 Å². The van der Waals surface area contributed by atoms with Crippen LogP contribution in [0.4, 0.5) is 0 Å². The van der Waals surface area contributed by atoms with Gasteiger partial charge >= 0.3 is 5.97 Å². The average molecular weight is 277 g/mol. The van der Waals surface area contributed by atoms with Gasteiger partial charge < -0.3 is 15.5 Å². The number of carboxylic acids is 1. The third-order valence-corrected chi connectivity index (χ3v) is 2.72. The number of carbonyl (C=O) groups is 2. The monoisotopic (exact) mass is 277 g/mol. The van der Waals surface area contributed by atoms with Gasteiger partial charge in [-0.2, -0.15) is 0 Å². The lowest BCUT2D eigenvalue weighted by atomic mass is 10.1. The molecule has 0 heterocycles. The number of phenolic OH excluding ortho intramolecular Hbond substituents is 1. The summed E-state index contributed by atoms with van der Waals surface area (Å²) < 4.78 is 0. The van der Waals surface area contributed by atoms with Gasteiger partial charge in [0.15, 0.2) is 0 Å². The van der Waals surface area contributed by atoms with E-state index < -0.39 is 12.0 Å². The lowest BCUT2D eigenvalue weighted by Crippen LogP contribution is -2.42. The molecular weight excluding hydrogens is 258 g/mol. The Bertz CT molecular complexity index is 479. The summed E-state index contributed by atoms with van der Waals surface area (Å²) in [6, 6.07) is 5.27. The predicted octanol–water partition coefficient (Wildman–Crippen LogP) is 1.86. The molecular formula is C15H19NO4. The zero-order valence-electron chi connectivity index (χ0n) is 11.4. The summed E-state index contributed by atoms with van der Waals surface area (Å²) in [5.41, 5.74) is 0.736. The van der Waals surface area contributed by atoms with Gasteiger partial charge in [-0.05, 0) is 24.1 Å². The standard InChI is InChI=1S/C15H19NO4/c1-2-3-4-5-14(18)16-13(15(19)20)10-11-6-8-12(17)9-7-11/h3-4,6-9,13,17H,2,5,10H2,1H3,(H,16,18)(H,19,20)/b4-3+/t13-/m0/s1. The van der Waals surface area contributed by atoms with Crippen molar-refractivity contribution in [2.45, 2.75) is 32.2 Å². The third kappa shape index (κ3) is 5.56.